The van der Waals surface area contributed by atoms with Gasteiger partial charge in [-0.3, -0.25) is 95.9 Å². The average molecular weight is 1860 g/mol. The third kappa shape index (κ3) is 38.1. The lowest BCUT2D eigenvalue weighted by atomic mass is 10.1. The van der Waals surface area contributed by atoms with Crippen molar-refractivity contribution in [2.24, 2.45) is 5.73 Å². The lowest BCUT2D eigenvalue weighted by molar-refractivity contribution is -0.139. The highest BCUT2D eigenvalue weighted by atomic mass is 32.1. The van der Waals surface area contributed by atoms with Gasteiger partial charge >= 0.3 is 5.97 Å². The molecule has 28 N–H and O–H groups in total. The van der Waals surface area contributed by atoms with E-state index in [1.807, 2.05) is 0 Å². The molecule has 0 heterocycles. The molecule has 55 heteroatoms. The van der Waals surface area contributed by atoms with Gasteiger partial charge in [0, 0.05) is 46.0 Å². The predicted octanol–water partition coefficient (Wildman–Crippen LogP) is -14.9. The van der Waals surface area contributed by atoms with Gasteiger partial charge < -0.3 is 142 Å². The summed E-state index contributed by atoms with van der Waals surface area (Å²) < 4.78 is 0. The number of carbonyl (C=O) groups excluding carboxylic acids is 19. The zero-order valence-corrected chi connectivity index (χ0v) is 73.9. The van der Waals surface area contributed by atoms with Crippen LogP contribution in [0.4, 0.5) is 0 Å². The number of nitrogens with two attached hydrogens (primary N) is 1. The molecule has 0 saturated carbocycles. The molecule has 0 saturated heterocycles. The van der Waals surface area contributed by atoms with Crippen LogP contribution in [0, 0.1) is 0 Å². The molecule has 0 aromatic carbocycles. The van der Waals surface area contributed by atoms with Gasteiger partial charge in [-0.15, -0.1) is 0 Å². The van der Waals surface area contributed by atoms with Crippen molar-refractivity contribution in [1.29, 1.82) is 0 Å². The molecule has 25 atom stereocenters. The van der Waals surface area contributed by atoms with Crippen LogP contribution in [-0.2, 0) is 95.9 Å². The Morgan fingerprint density at radius 3 is 0.567 bits per heavy atom. The Morgan fingerprint density at radius 1 is 0.217 bits per heavy atom. The molecule has 120 heavy (non-hydrogen) atoms. The number of nitrogens with one attached hydrogen (secondary N) is 19. The molecule has 0 aliphatic heterocycles. The maximum Gasteiger partial charge on any atom is 0.322 e. The molecular weight excluding hydrogens is 1750 g/mol. The summed E-state index contributed by atoms with van der Waals surface area (Å²) in [7, 11) is 0. The van der Waals surface area contributed by atoms with Crippen LogP contribution in [0.25, 0.3) is 0 Å². The van der Waals surface area contributed by atoms with Gasteiger partial charge in [0.2, 0.25) is 112 Å². The van der Waals surface area contributed by atoms with Gasteiger partial charge in [0.15, 0.2) is 0 Å². The summed E-state index contributed by atoms with van der Waals surface area (Å²) in [6.45, 7) is 11.6. The van der Waals surface area contributed by atoms with Crippen LogP contribution >= 0.6 is 101 Å². The standard InChI is InChI=1S/C65H112N20O27S8/c1-21(66)47(94)72-37(18-118)57(104)81-42(27(7)87)61(108)77-36(17-117)56(103)75-38(19-119)58(105)82-45(30(10)90)64(111)84-43(28(8)88)62(109)76-34(15-115)54(101)71-24(4)50(97)73-33(14-114)53(100)70-23(3)49(96)68-22(2)48(95)69-25(5)51(98)80-41(26(6)86)60(107)79-39(20-120)59(106)83-46(31(11)91)65(112)85-44(29(9)89)63(110)78-35(16-116)55(102)74-32(13-113)52(99)67-12-40(92)93/h21-39,41-46,86-91,113-120H,12-20,66H2,1-11H3,(H,67,99)(H,68,96)(H,69,95)(H,70,100)(H,71,101)(H,72,94)(H,73,97)(H,74,102)(H,75,103)(H,76,109)(H,77,108)(H,78,110)(H,79,107)(H,80,98)(H,81,104)(H,82,105)(H,83,106)(H,84,111)(H,85,112)(H,92,93)/t21-,22-,23-,24-,25-,26+,27+,28+,29+,30+,31+,32-,33-,34-,35-,36-,37-,38-,39-,41-,42-,43-,44-,45-,46-/m0/s1. The van der Waals surface area contributed by atoms with Crippen molar-refractivity contribution in [3.05, 3.63) is 0 Å². The third-order valence-electron chi connectivity index (χ3n) is 16.7. The van der Waals surface area contributed by atoms with Crippen molar-refractivity contribution < 1.29 is 132 Å². The molecule has 0 aliphatic carbocycles. The Morgan fingerprint density at radius 2 is 0.358 bits per heavy atom. The van der Waals surface area contributed by atoms with Crippen molar-refractivity contribution in [1.82, 2.24) is 101 Å². The first kappa shape index (κ1) is 112. The van der Waals surface area contributed by atoms with Crippen molar-refractivity contribution in [2.75, 3.05) is 52.6 Å². The van der Waals surface area contributed by atoms with Gasteiger partial charge in [0.05, 0.1) is 42.7 Å². The van der Waals surface area contributed by atoms with Crippen LogP contribution in [0.3, 0.4) is 0 Å². The molecule has 19 amide bonds. The number of thiol groups is 8. The largest absolute Gasteiger partial charge is 0.480 e. The minimum absolute atomic E-state index is 0.253. The normalized spacial score (nSPS) is 17.4. The van der Waals surface area contributed by atoms with Crippen molar-refractivity contribution in [2.45, 2.75) is 228 Å². The second kappa shape index (κ2) is 55.8. The van der Waals surface area contributed by atoms with E-state index in [1.165, 1.54) is 20.8 Å². The number of hydrogen-bond donors (Lipinski definition) is 35. The Labute approximate surface area is 733 Å². The SMILES string of the molecule is C[C@H](N)C(=O)N[C@@H](CS)C(=O)N[C@H](C(=O)N[C@@H](CS)C(=O)N[C@@H](CS)C(=O)N[C@H](C(=O)N[C@H](C(=O)N[C@@H](CS)C(=O)N[C@@H](C)C(=O)N[C@@H](CS)C(=O)N[C@@H](C)C(=O)N[C@@H](C)C(=O)N[C@@H](C)C(=O)N[C@H](C(=O)N[C@@H](CS)C(=O)N[C@H](C(=O)N[C@H](C(=O)N[C@@H](CS)C(=O)N[C@@H](CS)C(=O)NCC(=O)O)[C@@H](C)O)[C@@H](C)O)[C@@H](C)O)[C@@H](C)O)[C@@H](C)O)[C@@H](C)O. The number of aliphatic hydroxyl groups is 6. The Bertz CT molecular complexity index is 3580. The van der Waals surface area contributed by atoms with E-state index < -0.39 is 311 Å². The molecule has 0 radical (unpaired) electrons. The van der Waals surface area contributed by atoms with Gasteiger partial charge in [-0.1, -0.05) is 0 Å². The predicted molar refractivity (Wildman–Crippen MR) is 453 cm³/mol. The molecule has 682 valence electrons. The van der Waals surface area contributed by atoms with Gasteiger partial charge in [0.1, 0.15) is 115 Å². The summed E-state index contributed by atoms with van der Waals surface area (Å²) >= 11 is 32.5. The first-order valence-electron chi connectivity index (χ1n) is 36.5. The van der Waals surface area contributed by atoms with Crippen molar-refractivity contribution in [3.63, 3.8) is 0 Å². The third-order valence-corrected chi connectivity index (χ3v) is 19.7. The molecule has 0 rings (SSSR count). The van der Waals surface area contributed by atoms with Gasteiger partial charge in [0.25, 0.3) is 0 Å². The van der Waals surface area contributed by atoms with E-state index in [0.717, 1.165) is 55.4 Å². The van der Waals surface area contributed by atoms with Crippen molar-refractivity contribution >= 4 is 219 Å². The zero-order valence-electron chi connectivity index (χ0n) is 66.7. The zero-order chi connectivity index (χ0) is 92.8. The van der Waals surface area contributed by atoms with Crippen molar-refractivity contribution in [3.8, 4) is 0 Å². The Kier molecular flexibility index (Phi) is 52.1. The molecule has 0 aliphatic rings. The fraction of sp³-hybridized carbons (Fsp3) is 0.692. The maximum absolute atomic E-state index is 13.7. The number of amides is 19. The Balaban J connectivity index is 5.89. The van der Waals surface area contributed by atoms with Crippen LogP contribution in [0.15, 0.2) is 0 Å². The molecule has 0 aromatic heterocycles. The molecule has 47 nitrogen and oxygen atoms in total. The topological polar surface area (TPSA) is 738 Å². The molecule has 0 fully saturated rings. The van der Waals surface area contributed by atoms with Crippen LogP contribution in [0.5, 0.6) is 0 Å². The number of carbonyl (C=O) groups is 20. The van der Waals surface area contributed by atoms with E-state index >= 15 is 0 Å². The van der Waals surface area contributed by atoms with Crippen LogP contribution in [0.1, 0.15) is 76.2 Å². The first-order valence-corrected chi connectivity index (χ1v) is 41.5. The number of hydrogen-bond acceptors (Lipinski definition) is 35. The number of rotatable bonds is 53. The minimum Gasteiger partial charge on any atom is -0.480 e. The van der Waals surface area contributed by atoms with Crippen LogP contribution in [0.2, 0.25) is 0 Å². The first-order chi connectivity index (χ1) is 55.8. The van der Waals surface area contributed by atoms with E-state index in [-0.39, 0.29) is 11.5 Å². The molecule has 0 aromatic rings. The fourth-order valence-corrected chi connectivity index (χ4v) is 11.6. The summed E-state index contributed by atoms with van der Waals surface area (Å²) in [5.74, 6) is -25.4. The summed E-state index contributed by atoms with van der Waals surface area (Å²) in [5.41, 5.74) is 5.55. The van der Waals surface area contributed by atoms with Crippen LogP contribution < -0.4 is 107 Å². The fourth-order valence-electron chi connectivity index (χ4n) is 9.55. The maximum atomic E-state index is 13.7. The molecule has 0 bridgehead atoms. The smallest absolute Gasteiger partial charge is 0.322 e. The average Bonchev–Trinajstić information content (AvgIpc) is 0.847. The highest BCUT2D eigenvalue weighted by Crippen LogP contribution is 2.09. The number of carboxylic acid groups (broad SMARTS) is 1. The number of aliphatic carboxylic acids is 1. The highest BCUT2D eigenvalue weighted by molar-refractivity contribution is 7.81. The van der Waals surface area contributed by atoms with E-state index in [2.05, 4.69) is 202 Å². The molecular formula is C65H112N20O27S8. The monoisotopic (exact) mass is 1860 g/mol. The van der Waals surface area contributed by atoms with E-state index in [1.54, 1.807) is 0 Å². The van der Waals surface area contributed by atoms with E-state index in [0.29, 0.717) is 0 Å². The molecule has 0 unspecified atom stereocenters. The highest BCUT2D eigenvalue weighted by Gasteiger charge is 2.41. The van der Waals surface area contributed by atoms with Gasteiger partial charge in [-0.25, -0.2) is 0 Å². The Hall–Kier alpha value is -8.08. The van der Waals surface area contributed by atoms with Gasteiger partial charge in [-0.05, 0) is 76.2 Å². The quantitative estimate of drug-likeness (QED) is 0.0252. The van der Waals surface area contributed by atoms with Gasteiger partial charge in [-0.2, -0.15) is 101 Å². The summed E-state index contributed by atoms with van der Waals surface area (Å²) in [5, 5.41) is 115. The van der Waals surface area contributed by atoms with E-state index in [9.17, 15) is 127 Å². The lowest BCUT2D eigenvalue weighted by Gasteiger charge is -2.29. The number of carboxylic acids is 1. The minimum atomic E-state index is -1.94. The summed E-state index contributed by atoms with van der Waals surface area (Å²) in [6.07, 6.45) is -10.3. The summed E-state index contributed by atoms with van der Waals surface area (Å²) in [4.78, 5) is 263. The second-order valence-corrected chi connectivity index (χ2v) is 30.1. The van der Waals surface area contributed by atoms with E-state index in [4.69, 9.17) is 10.8 Å². The van der Waals surface area contributed by atoms with Crippen LogP contribution in [-0.4, -0.2) is 358 Å². The lowest BCUT2D eigenvalue weighted by Crippen LogP contribution is -2.64. The summed E-state index contributed by atoms with van der Waals surface area (Å²) in [6, 6.07) is -30.6. The number of aliphatic hydroxyl groups excluding tert-OH is 6. The second-order valence-electron chi connectivity index (χ2n) is 27.1. The molecule has 0 spiro atoms.